The average Bonchev–Trinajstić information content (AvgIpc) is 3.34. The number of rotatable bonds is 4. The Balaban J connectivity index is 1.27. The molecule has 2 saturated heterocycles. The maximum atomic E-state index is 12.4. The van der Waals surface area contributed by atoms with Crippen LogP contribution in [-0.2, 0) is 10.0 Å². The lowest BCUT2D eigenvalue weighted by molar-refractivity contribution is 0.452. The highest BCUT2D eigenvalue weighted by molar-refractivity contribution is 7.90. The van der Waals surface area contributed by atoms with E-state index in [0.29, 0.717) is 24.9 Å². The van der Waals surface area contributed by atoms with E-state index in [4.69, 9.17) is 0 Å². The van der Waals surface area contributed by atoms with E-state index >= 15 is 0 Å². The summed E-state index contributed by atoms with van der Waals surface area (Å²) >= 11 is 0. The second-order valence-electron chi connectivity index (χ2n) is 7.63. The molecular weight excluding hydrogens is 348 g/mol. The van der Waals surface area contributed by atoms with Gasteiger partial charge in [-0.15, -0.1) is 10.2 Å². The van der Waals surface area contributed by atoms with Crippen LogP contribution in [0.5, 0.6) is 0 Å². The van der Waals surface area contributed by atoms with Crippen LogP contribution in [0.4, 0.5) is 5.82 Å². The van der Waals surface area contributed by atoms with Crippen LogP contribution in [0.25, 0.3) is 11.3 Å². The number of benzene rings is 1. The van der Waals surface area contributed by atoms with Crippen LogP contribution in [0.2, 0.25) is 0 Å². The van der Waals surface area contributed by atoms with Gasteiger partial charge in [-0.3, -0.25) is 0 Å². The summed E-state index contributed by atoms with van der Waals surface area (Å²) in [5, 5.41) is 8.69. The third-order valence-electron chi connectivity index (χ3n) is 5.80. The molecule has 3 aliphatic rings. The van der Waals surface area contributed by atoms with Crippen LogP contribution in [0.15, 0.2) is 42.5 Å². The molecule has 0 amide bonds. The quantitative estimate of drug-likeness (QED) is 0.824. The van der Waals surface area contributed by atoms with Crippen molar-refractivity contribution in [1.29, 1.82) is 0 Å². The molecule has 2 atom stereocenters. The average molecular weight is 370 g/mol. The van der Waals surface area contributed by atoms with Crippen molar-refractivity contribution in [2.75, 3.05) is 31.1 Å². The number of sulfonamides is 1. The summed E-state index contributed by atoms with van der Waals surface area (Å²) in [4.78, 5) is 2.25. The summed E-state index contributed by atoms with van der Waals surface area (Å²) in [7, 11) is -3.04. The normalized spacial score (nSPS) is 26.2. The van der Waals surface area contributed by atoms with Gasteiger partial charge in [0.05, 0.1) is 10.9 Å². The largest absolute Gasteiger partial charge is 0.354 e. The smallest absolute Gasteiger partial charge is 0.217 e. The lowest BCUT2D eigenvalue weighted by Gasteiger charge is -2.21. The van der Waals surface area contributed by atoms with Gasteiger partial charge in [0, 0.05) is 31.7 Å². The molecule has 2 aliphatic heterocycles. The minimum atomic E-state index is -3.04. The molecule has 1 saturated carbocycles. The van der Waals surface area contributed by atoms with E-state index in [1.807, 2.05) is 42.5 Å². The molecule has 7 heteroatoms. The molecule has 0 spiro atoms. The summed E-state index contributed by atoms with van der Waals surface area (Å²) in [6, 6.07) is 14.1. The minimum Gasteiger partial charge on any atom is -0.354 e. The Morgan fingerprint density at radius 2 is 1.54 bits per heavy atom. The van der Waals surface area contributed by atoms with Gasteiger partial charge in [0.15, 0.2) is 5.82 Å². The first-order chi connectivity index (χ1) is 12.6. The number of hydrogen-bond donors (Lipinski definition) is 0. The minimum absolute atomic E-state index is 0.103. The first-order valence-electron chi connectivity index (χ1n) is 9.24. The van der Waals surface area contributed by atoms with Gasteiger partial charge in [-0.25, -0.2) is 12.7 Å². The Bertz CT molecular complexity index is 883. The van der Waals surface area contributed by atoms with Crippen LogP contribution >= 0.6 is 0 Å². The maximum Gasteiger partial charge on any atom is 0.217 e. The Morgan fingerprint density at radius 1 is 0.846 bits per heavy atom. The van der Waals surface area contributed by atoms with Gasteiger partial charge in [0.2, 0.25) is 10.0 Å². The van der Waals surface area contributed by atoms with E-state index in [1.165, 1.54) is 0 Å². The van der Waals surface area contributed by atoms with Crippen LogP contribution in [-0.4, -0.2) is 54.3 Å². The molecule has 1 aromatic heterocycles. The van der Waals surface area contributed by atoms with E-state index in [2.05, 4.69) is 15.1 Å². The van der Waals surface area contributed by atoms with Crippen LogP contribution in [0.3, 0.4) is 0 Å². The van der Waals surface area contributed by atoms with Crippen molar-refractivity contribution in [2.24, 2.45) is 11.8 Å². The summed E-state index contributed by atoms with van der Waals surface area (Å²) in [6.45, 7) is 3.05. The van der Waals surface area contributed by atoms with E-state index in [9.17, 15) is 8.42 Å². The van der Waals surface area contributed by atoms with Crippen molar-refractivity contribution >= 4 is 15.8 Å². The van der Waals surface area contributed by atoms with Gasteiger partial charge in [-0.1, -0.05) is 30.3 Å². The molecule has 1 aromatic carbocycles. The van der Waals surface area contributed by atoms with E-state index in [-0.39, 0.29) is 5.25 Å². The highest BCUT2D eigenvalue weighted by atomic mass is 32.2. The van der Waals surface area contributed by atoms with Crippen LogP contribution in [0.1, 0.15) is 12.8 Å². The monoisotopic (exact) mass is 370 g/mol. The fourth-order valence-electron chi connectivity index (χ4n) is 4.18. The first-order valence-corrected chi connectivity index (χ1v) is 10.7. The predicted octanol–water partition coefficient (Wildman–Crippen LogP) is 2.00. The molecule has 136 valence electrons. The lowest BCUT2D eigenvalue weighted by atomic mass is 10.0. The fraction of sp³-hybridized carbons (Fsp3) is 0.474. The highest BCUT2D eigenvalue weighted by Crippen LogP contribution is 2.39. The van der Waals surface area contributed by atoms with Crippen molar-refractivity contribution in [3.8, 4) is 11.3 Å². The van der Waals surface area contributed by atoms with Gasteiger partial charge >= 0.3 is 0 Å². The van der Waals surface area contributed by atoms with Crippen molar-refractivity contribution < 1.29 is 8.42 Å². The summed E-state index contributed by atoms with van der Waals surface area (Å²) in [6.07, 6.45) is 1.67. The molecular formula is C19H22N4O2S. The van der Waals surface area contributed by atoms with Crippen LogP contribution < -0.4 is 4.90 Å². The number of hydrogen-bond acceptors (Lipinski definition) is 5. The zero-order chi connectivity index (χ0) is 17.7. The van der Waals surface area contributed by atoms with E-state index in [0.717, 1.165) is 43.0 Å². The Morgan fingerprint density at radius 3 is 2.12 bits per heavy atom. The molecule has 5 rings (SSSR count). The third kappa shape index (κ3) is 2.79. The van der Waals surface area contributed by atoms with Crippen molar-refractivity contribution in [2.45, 2.75) is 18.1 Å². The Hall–Kier alpha value is -1.99. The third-order valence-corrected chi connectivity index (χ3v) is 8.13. The molecule has 0 N–H and O–H groups in total. The van der Waals surface area contributed by atoms with Gasteiger partial charge in [-0.05, 0) is 36.8 Å². The predicted molar refractivity (Wildman–Crippen MR) is 100 cm³/mol. The van der Waals surface area contributed by atoms with Crippen molar-refractivity contribution in [1.82, 2.24) is 14.5 Å². The standard InChI is InChI=1S/C19H22N4O2S/c24-26(25,17-6-7-17)23-12-15-10-22(11-16(15)13-23)19-9-8-18(20-21-19)14-4-2-1-3-5-14/h1-5,8-9,15-17H,6-7,10-13H2. The van der Waals surface area contributed by atoms with E-state index < -0.39 is 10.0 Å². The molecule has 0 bridgehead atoms. The first kappa shape index (κ1) is 16.2. The molecule has 6 nitrogen and oxygen atoms in total. The molecule has 2 aromatic rings. The SMILES string of the molecule is O=S(=O)(C1CC1)N1CC2CN(c3ccc(-c4ccccc4)nn3)CC2C1. The highest BCUT2D eigenvalue weighted by Gasteiger charge is 2.48. The zero-order valence-electron chi connectivity index (χ0n) is 14.5. The number of anilines is 1. The summed E-state index contributed by atoms with van der Waals surface area (Å²) in [5.41, 5.74) is 1.93. The number of fused-ring (bicyclic) bond motifs is 1. The fourth-order valence-corrected chi connectivity index (χ4v) is 6.13. The maximum absolute atomic E-state index is 12.4. The Labute approximate surface area is 153 Å². The van der Waals surface area contributed by atoms with Gasteiger partial charge < -0.3 is 4.90 Å². The van der Waals surface area contributed by atoms with Crippen molar-refractivity contribution in [3.63, 3.8) is 0 Å². The topological polar surface area (TPSA) is 66.4 Å². The molecule has 2 unspecified atom stereocenters. The molecule has 0 radical (unpaired) electrons. The molecule has 26 heavy (non-hydrogen) atoms. The summed E-state index contributed by atoms with van der Waals surface area (Å²) in [5.74, 6) is 1.69. The van der Waals surface area contributed by atoms with Gasteiger partial charge in [0.1, 0.15) is 0 Å². The lowest BCUT2D eigenvalue weighted by Crippen LogP contribution is -2.35. The molecule has 3 fully saturated rings. The number of nitrogens with zero attached hydrogens (tertiary/aromatic N) is 4. The second kappa shape index (κ2) is 6.03. The van der Waals surface area contributed by atoms with Crippen LogP contribution in [0, 0.1) is 11.8 Å². The summed E-state index contributed by atoms with van der Waals surface area (Å²) < 4.78 is 26.6. The van der Waals surface area contributed by atoms with Gasteiger partial charge in [-0.2, -0.15) is 0 Å². The second-order valence-corrected chi connectivity index (χ2v) is 9.84. The number of aromatic nitrogens is 2. The molecule has 1 aliphatic carbocycles. The molecule has 3 heterocycles. The zero-order valence-corrected chi connectivity index (χ0v) is 15.3. The Kier molecular flexibility index (Phi) is 3.76. The van der Waals surface area contributed by atoms with Crippen molar-refractivity contribution in [3.05, 3.63) is 42.5 Å². The van der Waals surface area contributed by atoms with Gasteiger partial charge in [0.25, 0.3) is 0 Å². The van der Waals surface area contributed by atoms with E-state index in [1.54, 1.807) is 4.31 Å².